The Morgan fingerprint density at radius 3 is 2.65 bits per heavy atom. The van der Waals surface area contributed by atoms with Crippen LogP contribution in [0.4, 0.5) is 18.0 Å². The summed E-state index contributed by atoms with van der Waals surface area (Å²) in [5, 5.41) is 5.12. The Morgan fingerprint density at radius 1 is 1.32 bits per heavy atom. The molecule has 3 rings (SSSR count). The second-order valence-corrected chi connectivity index (χ2v) is 7.28. The van der Waals surface area contributed by atoms with E-state index in [1.807, 2.05) is 0 Å². The van der Waals surface area contributed by atoms with Crippen LogP contribution in [0, 0.1) is 0 Å². The number of urea groups is 1. The molecule has 2 aliphatic rings. The lowest BCUT2D eigenvalue weighted by molar-refractivity contribution is -0.138. The first-order chi connectivity index (χ1) is 14.6. The summed E-state index contributed by atoms with van der Waals surface area (Å²) in [6, 6.07) is 2.00. The topological polar surface area (TPSA) is 91.0 Å². The van der Waals surface area contributed by atoms with E-state index in [9.17, 15) is 27.6 Å². The molecule has 1 aromatic rings. The second-order valence-electron chi connectivity index (χ2n) is 7.28. The number of methoxy groups -OCH3 is 1. The van der Waals surface area contributed by atoms with Crippen molar-refractivity contribution in [1.29, 1.82) is 0 Å². The first kappa shape index (κ1) is 22.6. The Hall–Kier alpha value is -3.08. The van der Waals surface area contributed by atoms with Crippen molar-refractivity contribution in [2.75, 3.05) is 33.9 Å². The van der Waals surface area contributed by atoms with Crippen molar-refractivity contribution in [2.24, 2.45) is 0 Å². The van der Waals surface area contributed by atoms with Gasteiger partial charge in [0, 0.05) is 20.7 Å². The van der Waals surface area contributed by atoms with Crippen LogP contribution in [0.25, 0.3) is 0 Å². The number of carbonyl (C=O) groups excluding carboxylic acids is 3. The van der Waals surface area contributed by atoms with Crippen LogP contribution in [0.2, 0.25) is 0 Å². The first-order valence-corrected chi connectivity index (χ1v) is 9.59. The summed E-state index contributed by atoms with van der Waals surface area (Å²) in [7, 11) is 2.91. The molecule has 168 valence electrons. The summed E-state index contributed by atoms with van der Waals surface area (Å²) in [4.78, 5) is 40.5. The van der Waals surface area contributed by atoms with Crippen LogP contribution >= 0.6 is 0 Å². The number of nitrogens with one attached hydrogen (secondary N) is 2. The van der Waals surface area contributed by atoms with Gasteiger partial charge in [0.2, 0.25) is 5.91 Å². The molecule has 0 radical (unpaired) electrons. The van der Waals surface area contributed by atoms with Gasteiger partial charge in [-0.3, -0.25) is 14.5 Å². The van der Waals surface area contributed by atoms with Gasteiger partial charge in [0.15, 0.2) is 0 Å². The molecule has 0 saturated heterocycles. The Bertz CT molecular complexity index is 931. The lowest BCUT2D eigenvalue weighted by Crippen LogP contribution is -2.47. The number of nitrogens with zero attached hydrogens (tertiary/aromatic N) is 2. The zero-order valence-electron chi connectivity index (χ0n) is 17.2. The summed E-state index contributed by atoms with van der Waals surface area (Å²) in [5.74, 6) is -1.03. The van der Waals surface area contributed by atoms with E-state index in [4.69, 9.17) is 4.74 Å². The van der Waals surface area contributed by atoms with Crippen LogP contribution in [0.5, 0.6) is 0 Å². The Morgan fingerprint density at radius 2 is 2.00 bits per heavy atom. The van der Waals surface area contributed by atoms with E-state index in [0.29, 0.717) is 6.61 Å². The number of carbonyl (C=O) groups is 3. The highest BCUT2D eigenvalue weighted by Crippen LogP contribution is 2.41. The number of amides is 4. The van der Waals surface area contributed by atoms with Gasteiger partial charge in [-0.1, -0.05) is 18.2 Å². The van der Waals surface area contributed by atoms with Gasteiger partial charge in [-0.15, -0.1) is 0 Å². The van der Waals surface area contributed by atoms with E-state index in [-0.39, 0.29) is 29.9 Å². The molecule has 31 heavy (non-hydrogen) atoms. The molecule has 0 saturated carbocycles. The number of rotatable bonds is 6. The van der Waals surface area contributed by atoms with Gasteiger partial charge in [0.1, 0.15) is 6.04 Å². The van der Waals surface area contributed by atoms with Gasteiger partial charge >= 0.3 is 12.2 Å². The second kappa shape index (κ2) is 8.58. The van der Waals surface area contributed by atoms with Crippen LogP contribution in [-0.2, 0) is 20.5 Å². The number of alkyl halides is 3. The molecule has 0 spiro atoms. The highest BCUT2D eigenvalue weighted by atomic mass is 19.4. The predicted octanol–water partition coefficient (Wildman–Crippen LogP) is 1.65. The van der Waals surface area contributed by atoms with E-state index in [0.717, 1.165) is 6.07 Å². The predicted molar refractivity (Wildman–Crippen MR) is 104 cm³/mol. The van der Waals surface area contributed by atoms with Gasteiger partial charge < -0.3 is 20.3 Å². The third-order valence-electron chi connectivity index (χ3n) is 5.42. The molecule has 0 aliphatic carbocycles. The molecule has 2 aliphatic heterocycles. The van der Waals surface area contributed by atoms with Crippen molar-refractivity contribution >= 4 is 17.8 Å². The van der Waals surface area contributed by atoms with Crippen molar-refractivity contribution < 1.29 is 32.3 Å². The number of hydrogen-bond acceptors (Lipinski definition) is 4. The third kappa shape index (κ3) is 4.22. The van der Waals surface area contributed by atoms with Gasteiger partial charge in [-0.2, -0.15) is 13.2 Å². The van der Waals surface area contributed by atoms with Crippen molar-refractivity contribution in [3.05, 3.63) is 46.7 Å². The van der Waals surface area contributed by atoms with Crippen LogP contribution in [0.3, 0.4) is 0 Å². The SMILES string of the molecule is COCCNC(=O)C(C)N1CC2=C(C1=O)C(c1ccccc1C(F)(F)F)NC(=O)N2C. The fourth-order valence-corrected chi connectivity index (χ4v) is 3.71. The summed E-state index contributed by atoms with van der Waals surface area (Å²) < 4.78 is 45.6. The van der Waals surface area contributed by atoms with Crippen LogP contribution < -0.4 is 10.6 Å². The van der Waals surface area contributed by atoms with Crippen LogP contribution in [0.15, 0.2) is 35.5 Å². The van der Waals surface area contributed by atoms with Gasteiger partial charge in [0.25, 0.3) is 5.91 Å². The number of halogens is 3. The maximum Gasteiger partial charge on any atom is 0.416 e. The van der Waals surface area contributed by atoms with Gasteiger partial charge in [-0.25, -0.2) is 4.79 Å². The molecule has 2 heterocycles. The number of benzene rings is 1. The highest BCUT2D eigenvalue weighted by Gasteiger charge is 2.47. The molecule has 2 unspecified atom stereocenters. The average molecular weight is 440 g/mol. The Balaban J connectivity index is 1.96. The van der Waals surface area contributed by atoms with Crippen LogP contribution in [-0.4, -0.2) is 67.5 Å². The lowest BCUT2D eigenvalue weighted by atomic mass is 9.92. The molecule has 4 amide bonds. The number of ether oxygens (including phenoxy) is 1. The molecule has 0 fully saturated rings. The van der Waals surface area contributed by atoms with E-state index >= 15 is 0 Å². The van der Waals surface area contributed by atoms with Crippen molar-refractivity contribution in [3.63, 3.8) is 0 Å². The molecule has 8 nitrogen and oxygen atoms in total. The molecule has 1 aromatic carbocycles. The summed E-state index contributed by atoms with van der Waals surface area (Å²) >= 11 is 0. The fourth-order valence-electron chi connectivity index (χ4n) is 3.71. The molecule has 0 bridgehead atoms. The lowest BCUT2D eigenvalue weighted by Gasteiger charge is -2.32. The molecular formula is C20H23F3N4O4. The smallest absolute Gasteiger partial charge is 0.383 e. The number of likely N-dealkylation sites (N-methyl/N-ethyl adjacent to an activating group) is 1. The summed E-state index contributed by atoms with van der Waals surface area (Å²) in [5.41, 5.74) is -0.868. The minimum Gasteiger partial charge on any atom is -0.383 e. The fraction of sp³-hybridized carbons (Fsp3) is 0.450. The monoisotopic (exact) mass is 440 g/mol. The standard InChI is InChI=1S/C20H23F3N4O4/c1-11(17(28)24-8-9-31-3)27-10-14-15(18(27)29)16(25-19(30)26(14)2)12-6-4-5-7-13(12)20(21,22)23/h4-7,11,16H,8-10H2,1-3H3,(H,24,28)(H,25,30). The molecule has 11 heteroatoms. The maximum atomic E-state index is 13.6. The van der Waals surface area contributed by atoms with E-state index in [2.05, 4.69) is 10.6 Å². The minimum atomic E-state index is -4.67. The largest absolute Gasteiger partial charge is 0.416 e. The third-order valence-corrected chi connectivity index (χ3v) is 5.42. The van der Waals surface area contributed by atoms with Crippen molar-refractivity contribution in [1.82, 2.24) is 20.4 Å². The summed E-state index contributed by atoms with van der Waals surface area (Å²) in [6.45, 7) is 1.99. The van der Waals surface area contributed by atoms with E-state index in [1.165, 1.54) is 49.1 Å². The first-order valence-electron chi connectivity index (χ1n) is 9.59. The van der Waals surface area contributed by atoms with E-state index < -0.39 is 41.7 Å². The molecule has 2 atom stereocenters. The van der Waals surface area contributed by atoms with Gasteiger partial charge in [0.05, 0.1) is 36.0 Å². The normalized spacial score (nSPS) is 20.0. The Kier molecular flexibility index (Phi) is 6.25. The quantitative estimate of drug-likeness (QED) is 0.659. The molecule has 0 aromatic heterocycles. The minimum absolute atomic E-state index is 0.0235. The molecule has 2 N–H and O–H groups in total. The average Bonchev–Trinajstić information content (AvgIpc) is 3.07. The zero-order valence-corrected chi connectivity index (χ0v) is 17.2. The number of hydrogen-bond donors (Lipinski definition) is 2. The maximum absolute atomic E-state index is 13.6. The van der Waals surface area contributed by atoms with Gasteiger partial charge in [-0.05, 0) is 18.6 Å². The zero-order chi connectivity index (χ0) is 22.9. The van der Waals surface area contributed by atoms with Crippen molar-refractivity contribution in [2.45, 2.75) is 25.2 Å². The Labute approximate surface area is 177 Å². The van der Waals surface area contributed by atoms with Crippen molar-refractivity contribution in [3.8, 4) is 0 Å². The highest BCUT2D eigenvalue weighted by molar-refractivity contribution is 6.03. The van der Waals surface area contributed by atoms with Crippen LogP contribution in [0.1, 0.15) is 24.1 Å². The summed E-state index contributed by atoms with van der Waals surface area (Å²) in [6.07, 6.45) is -4.67. The van der Waals surface area contributed by atoms with E-state index in [1.54, 1.807) is 0 Å². The molecular weight excluding hydrogens is 417 g/mol.